The molecule has 0 saturated heterocycles. The van der Waals surface area contributed by atoms with E-state index in [9.17, 15) is 4.79 Å². The minimum atomic E-state index is -0.122. The van der Waals surface area contributed by atoms with Crippen LogP contribution in [0.4, 0.5) is 0 Å². The number of aromatic nitrogens is 3. The smallest absolute Gasteiger partial charge is 0.250 e. The molecule has 2 heterocycles. The Bertz CT molecular complexity index is 536. The molecule has 0 bridgehead atoms. The van der Waals surface area contributed by atoms with Crippen LogP contribution >= 0.6 is 0 Å². The summed E-state index contributed by atoms with van der Waals surface area (Å²) >= 11 is 0. The van der Waals surface area contributed by atoms with Gasteiger partial charge in [-0.25, -0.2) is 9.48 Å². The van der Waals surface area contributed by atoms with Crippen LogP contribution < -0.4 is 5.69 Å². The minimum absolute atomic E-state index is 0.122. The average molecular weight is 189 g/mol. The monoisotopic (exact) mass is 189 g/mol. The number of nitrogens with zero attached hydrogens (tertiary/aromatic N) is 3. The lowest BCUT2D eigenvalue weighted by atomic mass is 10.4. The molecule has 0 atom stereocenters. The molecule has 0 saturated carbocycles. The van der Waals surface area contributed by atoms with Crippen molar-refractivity contribution in [2.45, 2.75) is 13.5 Å². The summed E-state index contributed by atoms with van der Waals surface area (Å²) in [7, 11) is 0. The summed E-state index contributed by atoms with van der Waals surface area (Å²) in [6.07, 6.45) is 1.71. The standard InChI is InChI=1S/C10H11N3O/c1-8(2)7-13-10(14)12-6-4-3-5-9(12)11-13/h3-6H,1,7H2,2H3. The van der Waals surface area contributed by atoms with Crippen molar-refractivity contribution in [2.24, 2.45) is 0 Å². The lowest BCUT2D eigenvalue weighted by Gasteiger charge is -1.95. The highest BCUT2D eigenvalue weighted by Crippen LogP contribution is 1.97. The van der Waals surface area contributed by atoms with E-state index in [1.54, 1.807) is 18.3 Å². The van der Waals surface area contributed by atoms with Crippen LogP contribution in [0.3, 0.4) is 0 Å². The summed E-state index contributed by atoms with van der Waals surface area (Å²) < 4.78 is 2.93. The van der Waals surface area contributed by atoms with Gasteiger partial charge in [-0.05, 0) is 19.1 Å². The number of pyridine rings is 1. The van der Waals surface area contributed by atoms with Crippen LogP contribution in [0, 0.1) is 0 Å². The van der Waals surface area contributed by atoms with Crippen LogP contribution in [0.25, 0.3) is 5.65 Å². The molecule has 14 heavy (non-hydrogen) atoms. The van der Waals surface area contributed by atoms with Gasteiger partial charge in [0.1, 0.15) is 0 Å². The van der Waals surface area contributed by atoms with Gasteiger partial charge >= 0.3 is 5.69 Å². The molecule has 0 unspecified atom stereocenters. The van der Waals surface area contributed by atoms with Gasteiger partial charge in [-0.15, -0.1) is 5.10 Å². The molecule has 4 heteroatoms. The number of hydrogen-bond acceptors (Lipinski definition) is 2. The Balaban J connectivity index is 2.63. The predicted molar refractivity (Wildman–Crippen MR) is 54.3 cm³/mol. The first-order chi connectivity index (χ1) is 6.68. The molecule has 0 amide bonds. The zero-order valence-corrected chi connectivity index (χ0v) is 7.97. The topological polar surface area (TPSA) is 39.3 Å². The van der Waals surface area contributed by atoms with Gasteiger partial charge in [-0.1, -0.05) is 18.2 Å². The van der Waals surface area contributed by atoms with Gasteiger partial charge in [-0.3, -0.25) is 4.40 Å². The van der Waals surface area contributed by atoms with Gasteiger partial charge in [-0.2, -0.15) is 0 Å². The van der Waals surface area contributed by atoms with Gasteiger partial charge < -0.3 is 0 Å². The molecule has 2 aromatic heterocycles. The normalized spacial score (nSPS) is 10.6. The minimum Gasteiger partial charge on any atom is -0.250 e. The Morgan fingerprint density at radius 3 is 3.00 bits per heavy atom. The van der Waals surface area contributed by atoms with Crippen molar-refractivity contribution in [2.75, 3.05) is 0 Å². The third kappa shape index (κ3) is 1.35. The summed E-state index contributed by atoms with van der Waals surface area (Å²) in [4.78, 5) is 11.7. The summed E-state index contributed by atoms with van der Waals surface area (Å²) in [5.74, 6) is 0. The molecule has 0 aliphatic heterocycles. The SMILES string of the molecule is C=C(C)Cn1nc2ccccn2c1=O. The van der Waals surface area contributed by atoms with Crippen LogP contribution in [0.15, 0.2) is 41.3 Å². The zero-order chi connectivity index (χ0) is 10.1. The first kappa shape index (κ1) is 8.74. The van der Waals surface area contributed by atoms with E-state index in [2.05, 4.69) is 11.7 Å². The molecule has 0 spiro atoms. The van der Waals surface area contributed by atoms with E-state index in [4.69, 9.17) is 0 Å². The van der Waals surface area contributed by atoms with Crippen LogP contribution in [-0.2, 0) is 6.54 Å². The van der Waals surface area contributed by atoms with Crippen molar-refractivity contribution < 1.29 is 0 Å². The third-order valence-corrected chi connectivity index (χ3v) is 1.91. The second-order valence-corrected chi connectivity index (χ2v) is 3.33. The van der Waals surface area contributed by atoms with Crippen LogP contribution in [0.5, 0.6) is 0 Å². The first-order valence-electron chi connectivity index (χ1n) is 4.37. The van der Waals surface area contributed by atoms with Crippen molar-refractivity contribution in [3.05, 3.63) is 47.0 Å². The van der Waals surface area contributed by atoms with Gasteiger partial charge in [0.25, 0.3) is 0 Å². The fraction of sp³-hybridized carbons (Fsp3) is 0.200. The highest BCUT2D eigenvalue weighted by atomic mass is 16.2. The van der Waals surface area contributed by atoms with Crippen LogP contribution in [0.2, 0.25) is 0 Å². The molecule has 0 aliphatic rings. The maximum atomic E-state index is 11.7. The highest BCUT2D eigenvalue weighted by Gasteiger charge is 2.04. The zero-order valence-electron chi connectivity index (χ0n) is 7.97. The molecule has 0 aromatic carbocycles. The average Bonchev–Trinajstić information content (AvgIpc) is 2.44. The van der Waals surface area contributed by atoms with Crippen molar-refractivity contribution in [1.82, 2.24) is 14.2 Å². The molecule has 0 aliphatic carbocycles. The third-order valence-electron chi connectivity index (χ3n) is 1.91. The van der Waals surface area contributed by atoms with E-state index in [1.807, 2.05) is 13.0 Å². The lowest BCUT2D eigenvalue weighted by molar-refractivity contribution is 0.651. The van der Waals surface area contributed by atoms with Gasteiger partial charge in [0.2, 0.25) is 0 Å². The molecule has 4 nitrogen and oxygen atoms in total. The van der Waals surface area contributed by atoms with Crippen LogP contribution in [-0.4, -0.2) is 14.2 Å². The number of rotatable bonds is 2. The van der Waals surface area contributed by atoms with Crippen molar-refractivity contribution in [3.8, 4) is 0 Å². The Morgan fingerprint density at radius 1 is 1.57 bits per heavy atom. The molecule has 0 N–H and O–H groups in total. The Labute approximate surface area is 81.1 Å². The van der Waals surface area contributed by atoms with E-state index in [1.165, 1.54) is 9.08 Å². The maximum Gasteiger partial charge on any atom is 0.350 e. The van der Waals surface area contributed by atoms with Gasteiger partial charge in [0.05, 0.1) is 6.54 Å². The number of hydrogen-bond donors (Lipinski definition) is 0. The Morgan fingerprint density at radius 2 is 2.36 bits per heavy atom. The molecule has 0 fully saturated rings. The molecule has 2 aromatic rings. The fourth-order valence-corrected chi connectivity index (χ4v) is 1.33. The van der Waals surface area contributed by atoms with E-state index >= 15 is 0 Å². The van der Waals surface area contributed by atoms with E-state index in [-0.39, 0.29) is 5.69 Å². The van der Waals surface area contributed by atoms with Crippen molar-refractivity contribution >= 4 is 5.65 Å². The maximum absolute atomic E-state index is 11.7. The molecular formula is C10H11N3O. The Kier molecular flexibility index (Phi) is 1.96. The number of allylic oxidation sites excluding steroid dienone is 1. The lowest BCUT2D eigenvalue weighted by Crippen LogP contribution is -2.21. The quantitative estimate of drug-likeness (QED) is 0.663. The van der Waals surface area contributed by atoms with Crippen LogP contribution in [0.1, 0.15) is 6.92 Å². The molecule has 72 valence electrons. The summed E-state index contributed by atoms with van der Waals surface area (Å²) in [6.45, 7) is 6.10. The van der Waals surface area contributed by atoms with Gasteiger partial charge in [0.15, 0.2) is 5.65 Å². The van der Waals surface area contributed by atoms with Gasteiger partial charge in [0, 0.05) is 6.20 Å². The predicted octanol–water partition coefficient (Wildman–Crippen LogP) is 1.07. The fourth-order valence-electron chi connectivity index (χ4n) is 1.33. The summed E-state index contributed by atoms with van der Waals surface area (Å²) in [5, 5.41) is 4.16. The Hall–Kier alpha value is -1.84. The molecule has 0 radical (unpaired) electrons. The van der Waals surface area contributed by atoms with E-state index < -0.39 is 0 Å². The summed E-state index contributed by atoms with van der Waals surface area (Å²) in [6, 6.07) is 5.46. The van der Waals surface area contributed by atoms with E-state index in [0.717, 1.165) is 5.57 Å². The summed E-state index contributed by atoms with van der Waals surface area (Å²) in [5.41, 5.74) is 1.46. The van der Waals surface area contributed by atoms with Crippen molar-refractivity contribution in [3.63, 3.8) is 0 Å². The molecule has 2 rings (SSSR count). The van der Waals surface area contributed by atoms with E-state index in [0.29, 0.717) is 12.2 Å². The second kappa shape index (κ2) is 3.14. The largest absolute Gasteiger partial charge is 0.350 e. The number of fused-ring (bicyclic) bond motifs is 1. The first-order valence-corrected chi connectivity index (χ1v) is 4.37. The highest BCUT2D eigenvalue weighted by molar-refractivity contribution is 5.35. The molecular weight excluding hydrogens is 178 g/mol. The van der Waals surface area contributed by atoms with Crippen molar-refractivity contribution in [1.29, 1.82) is 0 Å². The second-order valence-electron chi connectivity index (χ2n) is 3.33.